The Bertz CT molecular complexity index is 924. The Morgan fingerprint density at radius 3 is 2.71 bits per heavy atom. The largest absolute Gasteiger partial charge is 0.460 e. The zero-order chi connectivity index (χ0) is 22.4. The van der Waals surface area contributed by atoms with Gasteiger partial charge in [-0.15, -0.1) is 5.10 Å². The lowest BCUT2D eigenvalue weighted by Crippen LogP contribution is -2.25. The summed E-state index contributed by atoms with van der Waals surface area (Å²) in [6.07, 6.45) is 9.49. The summed E-state index contributed by atoms with van der Waals surface area (Å²) in [5.41, 5.74) is -1.02. The van der Waals surface area contributed by atoms with Crippen LogP contribution in [0, 0.1) is 5.92 Å². The molecule has 9 nitrogen and oxygen atoms in total. The van der Waals surface area contributed by atoms with Crippen molar-refractivity contribution in [2.45, 2.75) is 90.1 Å². The molecule has 9 heteroatoms. The van der Waals surface area contributed by atoms with Crippen molar-refractivity contribution in [3.05, 3.63) is 28.4 Å². The van der Waals surface area contributed by atoms with Gasteiger partial charge in [0.2, 0.25) is 11.7 Å². The lowest BCUT2D eigenvalue weighted by Gasteiger charge is -2.23. The van der Waals surface area contributed by atoms with Crippen molar-refractivity contribution in [1.82, 2.24) is 20.1 Å². The Kier molecular flexibility index (Phi) is 7.46. The van der Waals surface area contributed by atoms with Crippen LogP contribution in [-0.4, -0.2) is 36.9 Å². The van der Waals surface area contributed by atoms with Gasteiger partial charge in [-0.25, -0.2) is 0 Å². The smallest absolute Gasteiger partial charge is 0.307 e. The van der Waals surface area contributed by atoms with Crippen LogP contribution in [-0.2, 0) is 9.53 Å². The van der Waals surface area contributed by atoms with Crippen LogP contribution in [0.3, 0.4) is 0 Å². The van der Waals surface area contributed by atoms with E-state index in [1.165, 1.54) is 44.2 Å². The number of carbonyl (C=O) groups is 1. The molecule has 31 heavy (non-hydrogen) atoms. The molecule has 2 aromatic heterocycles. The summed E-state index contributed by atoms with van der Waals surface area (Å²) >= 11 is 0. The van der Waals surface area contributed by atoms with Crippen LogP contribution >= 0.6 is 0 Å². The maximum atomic E-state index is 12.5. The SMILES string of the molecule is CC(C)(C)OC(=O)C[C@@H](CCCC1CCCCC1)c1nc(-c2ccc(=O)n(O)n2)no1. The quantitative estimate of drug-likeness (QED) is 0.489. The number of aromatic nitrogens is 4. The molecule has 0 radical (unpaired) electrons. The van der Waals surface area contributed by atoms with Crippen molar-refractivity contribution in [1.29, 1.82) is 0 Å². The number of hydrogen-bond donors (Lipinski definition) is 1. The molecular formula is C22H32N4O5. The van der Waals surface area contributed by atoms with Crippen molar-refractivity contribution in [2.75, 3.05) is 0 Å². The predicted octanol–water partition coefficient (Wildman–Crippen LogP) is 4.10. The summed E-state index contributed by atoms with van der Waals surface area (Å²) in [5.74, 6) is 0.668. The van der Waals surface area contributed by atoms with Crippen molar-refractivity contribution in [3.63, 3.8) is 0 Å². The van der Waals surface area contributed by atoms with Crippen molar-refractivity contribution < 1.29 is 19.3 Å². The molecule has 1 atom stereocenters. The summed E-state index contributed by atoms with van der Waals surface area (Å²) in [4.78, 5) is 28.4. The van der Waals surface area contributed by atoms with Gasteiger partial charge >= 0.3 is 11.5 Å². The minimum absolute atomic E-state index is 0.149. The van der Waals surface area contributed by atoms with Gasteiger partial charge in [-0.05, 0) is 39.2 Å². The molecule has 0 unspecified atom stereocenters. The van der Waals surface area contributed by atoms with Gasteiger partial charge in [0.1, 0.15) is 11.3 Å². The normalized spacial score (nSPS) is 16.2. The molecule has 0 spiro atoms. The van der Waals surface area contributed by atoms with Gasteiger partial charge in [-0.1, -0.05) is 54.9 Å². The van der Waals surface area contributed by atoms with Gasteiger partial charge in [0.05, 0.1) is 6.42 Å². The summed E-state index contributed by atoms with van der Waals surface area (Å²) in [5, 5.41) is 17.2. The van der Waals surface area contributed by atoms with Crippen LogP contribution in [0.15, 0.2) is 21.5 Å². The maximum absolute atomic E-state index is 12.5. The van der Waals surface area contributed by atoms with E-state index < -0.39 is 11.2 Å². The third-order valence-electron chi connectivity index (χ3n) is 5.53. The lowest BCUT2D eigenvalue weighted by molar-refractivity contribution is -0.155. The molecule has 1 aliphatic rings. The fraction of sp³-hybridized carbons (Fsp3) is 0.682. The summed E-state index contributed by atoms with van der Waals surface area (Å²) in [6, 6.07) is 2.58. The van der Waals surface area contributed by atoms with Crippen molar-refractivity contribution >= 4 is 5.97 Å². The number of ether oxygens (including phenoxy) is 1. The Balaban J connectivity index is 1.71. The molecular weight excluding hydrogens is 400 g/mol. The highest BCUT2D eigenvalue weighted by molar-refractivity contribution is 5.70. The molecule has 2 aromatic rings. The topological polar surface area (TPSA) is 120 Å². The van der Waals surface area contributed by atoms with Crippen LogP contribution in [0.2, 0.25) is 0 Å². The van der Waals surface area contributed by atoms with E-state index in [1.54, 1.807) is 0 Å². The zero-order valence-electron chi connectivity index (χ0n) is 18.5. The molecule has 170 valence electrons. The first kappa shape index (κ1) is 23.0. The minimum atomic E-state index is -0.655. The van der Waals surface area contributed by atoms with E-state index in [1.807, 2.05) is 20.8 Å². The Morgan fingerprint density at radius 1 is 1.29 bits per heavy atom. The van der Waals surface area contributed by atoms with Crippen LogP contribution in [0.5, 0.6) is 0 Å². The van der Waals surface area contributed by atoms with E-state index in [4.69, 9.17) is 9.26 Å². The first-order chi connectivity index (χ1) is 14.7. The molecule has 3 rings (SSSR count). The third kappa shape index (κ3) is 6.90. The highest BCUT2D eigenvalue weighted by Gasteiger charge is 2.27. The van der Waals surface area contributed by atoms with Gasteiger partial charge in [0.15, 0.2) is 0 Å². The summed E-state index contributed by atoms with van der Waals surface area (Å²) < 4.78 is 10.9. The zero-order valence-corrected chi connectivity index (χ0v) is 18.5. The number of nitrogens with zero attached hydrogens (tertiary/aromatic N) is 4. The van der Waals surface area contributed by atoms with E-state index >= 15 is 0 Å². The Morgan fingerprint density at radius 2 is 2.03 bits per heavy atom. The van der Waals surface area contributed by atoms with Crippen LogP contribution < -0.4 is 5.56 Å². The second kappa shape index (κ2) is 10.1. The summed E-state index contributed by atoms with van der Waals surface area (Å²) in [7, 11) is 0. The van der Waals surface area contributed by atoms with Gasteiger partial charge in [-0.3, -0.25) is 9.59 Å². The van der Waals surface area contributed by atoms with E-state index in [-0.39, 0.29) is 34.7 Å². The van der Waals surface area contributed by atoms with Crippen molar-refractivity contribution in [2.24, 2.45) is 5.92 Å². The number of carbonyl (C=O) groups excluding carboxylic acids is 1. The fourth-order valence-corrected chi connectivity index (χ4v) is 4.05. The molecule has 0 bridgehead atoms. The molecule has 0 amide bonds. The van der Waals surface area contributed by atoms with E-state index in [2.05, 4.69) is 15.2 Å². The fourth-order valence-electron chi connectivity index (χ4n) is 4.05. The monoisotopic (exact) mass is 432 g/mol. The molecule has 1 N–H and O–H groups in total. The van der Waals surface area contributed by atoms with Gasteiger partial charge in [0.25, 0.3) is 0 Å². The van der Waals surface area contributed by atoms with Gasteiger partial charge < -0.3 is 14.5 Å². The van der Waals surface area contributed by atoms with E-state index in [0.717, 1.165) is 25.2 Å². The predicted molar refractivity (Wildman–Crippen MR) is 113 cm³/mol. The van der Waals surface area contributed by atoms with Crippen LogP contribution in [0.4, 0.5) is 0 Å². The average molecular weight is 433 g/mol. The second-order valence-corrected chi connectivity index (χ2v) is 9.32. The second-order valence-electron chi connectivity index (χ2n) is 9.32. The molecule has 1 saturated carbocycles. The highest BCUT2D eigenvalue weighted by atomic mass is 16.6. The minimum Gasteiger partial charge on any atom is -0.460 e. The Hall–Kier alpha value is -2.71. The van der Waals surface area contributed by atoms with E-state index in [0.29, 0.717) is 5.89 Å². The third-order valence-corrected chi connectivity index (χ3v) is 5.53. The maximum Gasteiger partial charge on any atom is 0.307 e. The van der Waals surface area contributed by atoms with Crippen LogP contribution in [0.25, 0.3) is 11.5 Å². The molecule has 0 aromatic carbocycles. The van der Waals surface area contributed by atoms with Crippen LogP contribution in [0.1, 0.15) is 90.4 Å². The molecule has 0 saturated heterocycles. The molecule has 1 fully saturated rings. The Labute approximate surface area is 181 Å². The first-order valence-electron chi connectivity index (χ1n) is 11.1. The molecule has 2 heterocycles. The van der Waals surface area contributed by atoms with Gasteiger partial charge in [0, 0.05) is 12.0 Å². The van der Waals surface area contributed by atoms with Crippen molar-refractivity contribution in [3.8, 4) is 11.5 Å². The number of hydrogen-bond acceptors (Lipinski definition) is 8. The molecule has 0 aliphatic heterocycles. The number of esters is 1. The number of rotatable bonds is 8. The molecule has 1 aliphatic carbocycles. The highest BCUT2D eigenvalue weighted by Crippen LogP contribution is 2.32. The van der Waals surface area contributed by atoms with E-state index in [9.17, 15) is 14.8 Å². The standard InChI is InChI=1S/C22H32N4O5/c1-22(2,3)30-19(28)14-16(11-7-10-15-8-5-4-6-9-15)21-23-20(25-31-21)17-12-13-18(27)26(29)24-17/h12-13,15-16,29H,4-11,14H2,1-3H3/t16-/m1/s1. The average Bonchev–Trinajstić information content (AvgIpc) is 3.19. The summed E-state index contributed by atoms with van der Waals surface area (Å²) in [6.45, 7) is 5.51. The lowest BCUT2D eigenvalue weighted by atomic mass is 9.84. The first-order valence-corrected chi connectivity index (χ1v) is 11.1. The van der Waals surface area contributed by atoms with Gasteiger partial charge in [-0.2, -0.15) is 4.98 Å².